The number of aliphatic hydroxyl groups excluding tert-OH is 1. The van der Waals surface area contributed by atoms with Gasteiger partial charge in [0.1, 0.15) is 0 Å². The first-order valence-corrected chi connectivity index (χ1v) is 7.69. The van der Waals surface area contributed by atoms with E-state index in [2.05, 4.69) is 5.32 Å². The Bertz CT molecular complexity index is 551. The number of amides is 2. The second-order valence-corrected chi connectivity index (χ2v) is 6.11. The van der Waals surface area contributed by atoms with Crippen molar-refractivity contribution in [3.05, 3.63) is 29.3 Å². The number of likely N-dealkylation sites (N-methyl/N-ethyl adjacent to an activating group) is 1. The van der Waals surface area contributed by atoms with Crippen LogP contribution in [0.2, 0.25) is 0 Å². The predicted molar refractivity (Wildman–Crippen MR) is 85.5 cm³/mol. The molecule has 1 fully saturated rings. The second-order valence-electron chi connectivity index (χ2n) is 6.11. The standard InChI is InChI=1S/C17H24N2O3/c1-11-6-4-7-12(2)16(11)18-15(21)10-19(3)17(22)13-8-5-9-14(13)20/h4,6-7,13-14,20H,5,8-10H2,1-3H3,(H,18,21). The normalized spacial score (nSPS) is 20.7. The van der Waals surface area contributed by atoms with E-state index in [0.29, 0.717) is 12.8 Å². The van der Waals surface area contributed by atoms with Crippen molar-refractivity contribution in [3.8, 4) is 0 Å². The minimum atomic E-state index is -0.573. The zero-order valence-electron chi connectivity index (χ0n) is 13.4. The van der Waals surface area contributed by atoms with Crippen molar-refractivity contribution in [2.45, 2.75) is 39.2 Å². The van der Waals surface area contributed by atoms with Gasteiger partial charge in [0.25, 0.3) is 0 Å². The molecule has 5 heteroatoms. The summed E-state index contributed by atoms with van der Waals surface area (Å²) in [7, 11) is 1.61. The summed E-state index contributed by atoms with van der Waals surface area (Å²) in [6.45, 7) is 3.87. The number of benzene rings is 1. The lowest BCUT2D eigenvalue weighted by Crippen LogP contribution is -2.40. The van der Waals surface area contributed by atoms with E-state index in [0.717, 1.165) is 23.2 Å². The highest BCUT2D eigenvalue weighted by Gasteiger charge is 2.33. The number of carbonyl (C=O) groups is 2. The Hall–Kier alpha value is -1.88. The van der Waals surface area contributed by atoms with Gasteiger partial charge in [0.05, 0.1) is 18.6 Å². The lowest BCUT2D eigenvalue weighted by Gasteiger charge is -2.23. The number of hydrogen-bond donors (Lipinski definition) is 2. The van der Waals surface area contributed by atoms with E-state index in [4.69, 9.17) is 0 Å². The predicted octanol–water partition coefficient (Wildman–Crippen LogP) is 1.86. The number of carbonyl (C=O) groups excluding carboxylic acids is 2. The molecule has 0 saturated heterocycles. The SMILES string of the molecule is Cc1cccc(C)c1NC(=O)CN(C)C(=O)C1CCCC1O. The quantitative estimate of drug-likeness (QED) is 0.892. The molecule has 2 atom stereocenters. The third kappa shape index (κ3) is 3.65. The van der Waals surface area contributed by atoms with Crippen LogP contribution in [0.15, 0.2) is 18.2 Å². The number of anilines is 1. The van der Waals surface area contributed by atoms with E-state index in [9.17, 15) is 14.7 Å². The number of para-hydroxylation sites is 1. The fourth-order valence-electron chi connectivity index (χ4n) is 3.00. The summed E-state index contributed by atoms with van der Waals surface area (Å²) < 4.78 is 0. The van der Waals surface area contributed by atoms with Crippen molar-refractivity contribution in [3.63, 3.8) is 0 Å². The van der Waals surface area contributed by atoms with Crippen LogP contribution in [0.1, 0.15) is 30.4 Å². The van der Waals surface area contributed by atoms with Gasteiger partial charge in [0.2, 0.25) is 11.8 Å². The Labute approximate surface area is 131 Å². The molecule has 5 nitrogen and oxygen atoms in total. The van der Waals surface area contributed by atoms with Crippen molar-refractivity contribution in [2.75, 3.05) is 18.9 Å². The highest BCUT2D eigenvalue weighted by molar-refractivity contribution is 5.96. The first-order chi connectivity index (χ1) is 10.4. The molecule has 22 heavy (non-hydrogen) atoms. The molecule has 1 aliphatic carbocycles. The van der Waals surface area contributed by atoms with Crippen LogP contribution in [0, 0.1) is 19.8 Å². The summed E-state index contributed by atoms with van der Waals surface area (Å²) in [5.74, 6) is -0.736. The third-order valence-electron chi connectivity index (χ3n) is 4.30. The fraction of sp³-hybridized carbons (Fsp3) is 0.529. The first kappa shape index (κ1) is 16.5. The number of aryl methyl sites for hydroxylation is 2. The van der Waals surface area contributed by atoms with Crippen LogP contribution >= 0.6 is 0 Å². The molecule has 2 N–H and O–H groups in total. The summed E-state index contributed by atoms with van der Waals surface area (Å²) in [5, 5.41) is 12.7. The molecule has 0 heterocycles. The summed E-state index contributed by atoms with van der Waals surface area (Å²) in [5.41, 5.74) is 2.79. The molecule has 1 aromatic carbocycles. The lowest BCUT2D eigenvalue weighted by atomic mass is 10.0. The van der Waals surface area contributed by atoms with Gasteiger partial charge in [0, 0.05) is 12.7 Å². The average molecular weight is 304 g/mol. The molecule has 0 bridgehead atoms. The van der Waals surface area contributed by atoms with E-state index < -0.39 is 6.10 Å². The van der Waals surface area contributed by atoms with Gasteiger partial charge in [0.15, 0.2) is 0 Å². The van der Waals surface area contributed by atoms with Crippen molar-refractivity contribution in [1.29, 1.82) is 0 Å². The van der Waals surface area contributed by atoms with Crippen molar-refractivity contribution < 1.29 is 14.7 Å². The fourth-order valence-corrected chi connectivity index (χ4v) is 3.00. The van der Waals surface area contributed by atoms with Gasteiger partial charge in [-0.15, -0.1) is 0 Å². The lowest BCUT2D eigenvalue weighted by molar-refractivity contribution is -0.139. The Morgan fingerprint density at radius 3 is 2.45 bits per heavy atom. The molecule has 1 aromatic rings. The Morgan fingerprint density at radius 2 is 1.91 bits per heavy atom. The van der Waals surface area contributed by atoms with E-state index in [1.807, 2.05) is 32.0 Å². The molecule has 120 valence electrons. The van der Waals surface area contributed by atoms with Gasteiger partial charge in [-0.25, -0.2) is 0 Å². The number of hydrogen-bond acceptors (Lipinski definition) is 3. The Kier molecular flexibility index (Phi) is 5.19. The van der Waals surface area contributed by atoms with E-state index in [1.165, 1.54) is 4.90 Å². The molecule has 0 aromatic heterocycles. The third-order valence-corrected chi connectivity index (χ3v) is 4.30. The Balaban J connectivity index is 1.95. The smallest absolute Gasteiger partial charge is 0.243 e. The molecular weight excluding hydrogens is 280 g/mol. The number of rotatable bonds is 4. The van der Waals surface area contributed by atoms with Gasteiger partial charge >= 0.3 is 0 Å². The van der Waals surface area contributed by atoms with Crippen molar-refractivity contribution in [2.24, 2.45) is 5.92 Å². The maximum atomic E-state index is 12.3. The van der Waals surface area contributed by atoms with E-state index >= 15 is 0 Å². The van der Waals surface area contributed by atoms with Crippen molar-refractivity contribution >= 4 is 17.5 Å². The summed E-state index contributed by atoms with van der Waals surface area (Å²) >= 11 is 0. The summed E-state index contributed by atoms with van der Waals surface area (Å²) in [6, 6.07) is 5.82. The Morgan fingerprint density at radius 1 is 1.27 bits per heavy atom. The highest BCUT2D eigenvalue weighted by atomic mass is 16.3. The minimum absolute atomic E-state index is 0.00414. The van der Waals surface area contributed by atoms with Crippen LogP contribution in [0.4, 0.5) is 5.69 Å². The van der Waals surface area contributed by atoms with Gasteiger partial charge in [-0.2, -0.15) is 0 Å². The molecule has 2 rings (SSSR count). The maximum Gasteiger partial charge on any atom is 0.243 e. The average Bonchev–Trinajstić information content (AvgIpc) is 2.88. The molecule has 2 unspecified atom stereocenters. The van der Waals surface area contributed by atoms with Crippen LogP contribution < -0.4 is 5.32 Å². The van der Waals surface area contributed by atoms with Crippen LogP contribution in [-0.4, -0.2) is 41.5 Å². The van der Waals surface area contributed by atoms with E-state index in [-0.39, 0.29) is 24.3 Å². The van der Waals surface area contributed by atoms with Gasteiger partial charge in [-0.3, -0.25) is 9.59 Å². The topological polar surface area (TPSA) is 69.6 Å². The molecule has 0 spiro atoms. The first-order valence-electron chi connectivity index (χ1n) is 7.69. The van der Waals surface area contributed by atoms with E-state index in [1.54, 1.807) is 7.05 Å². The van der Waals surface area contributed by atoms with Crippen LogP contribution in [0.25, 0.3) is 0 Å². The number of nitrogens with zero attached hydrogens (tertiary/aromatic N) is 1. The number of aliphatic hydroxyl groups is 1. The van der Waals surface area contributed by atoms with Gasteiger partial charge in [-0.1, -0.05) is 18.2 Å². The van der Waals surface area contributed by atoms with Crippen LogP contribution in [-0.2, 0) is 9.59 Å². The van der Waals surface area contributed by atoms with Gasteiger partial charge < -0.3 is 15.3 Å². The highest BCUT2D eigenvalue weighted by Crippen LogP contribution is 2.27. The monoisotopic (exact) mass is 304 g/mol. The van der Waals surface area contributed by atoms with Crippen LogP contribution in [0.3, 0.4) is 0 Å². The summed E-state index contributed by atoms with van der Waals surface area (Å²) in [4.78, 5) is 25.8. The largest absolute Gasteiger partial charge is 0.392 e. The minimum Gasteiger partial charge on any atom is -0.392 e. The van der Waals surface area contributed by atoms with Crippen LogP contribution in [0.5, 0.6) is 0 Å². The molecule has 0 radical (unpaired) electrons. The zero-order valence-corrected chi connectivity index (χ0v) is 13.4. The van der Waals surface area contributed by atoms with Gasteiger partial charge in [-0.05, 0) is 44.2 Å². The molecule has 1 saturated carbocycles. The zero-order chi connectivity index (χ0) is 16.3. The van der Waals surface area contributed by atoms with Crippen molar-refractivity contribution in [1.82, 2.24) is 4.90 Å². The maximum absolute atomic E-state index is 12.3. The molecule has 0 aliphatic heterocycles. The molecule has 2 amide bonds. The number of nitrogens with one attached hydrogen (secondary N) is 1. The summed E-state index contributed by atoms with van der Waals surface area (Å²) in [6.07, 6.45) is 1.65. The second kappa shape index (κ2) is 6.92. The molecule has 1 aliphatic rings. The molecular formula is C17H24N2O3.